The number of rotatable bonds is 7. The van der Waals surface area contributed by atoms with Crippen molar-refractivity contribution in [2.24, 2.45) is 0 Å². The molecular weight excluding hydrogens is 310 g/mol. The summed E-state index contributed by atoms with van der Waals surface area (Å²) in [6, 6.07) is 3.80. The number of anilines is 1. The highest BCUT2D eigenvalue weighted by Crippen LogP contribution is 2.38. The molecule has 0 bridgehead atoms. The summed E-state index contributed by atoms with van der Waals surface area (Å²) in [5.74, 6) is 2.37. The van der Waals surface area contributed by atoms with Gasteiger partial charge in [-0.25, -0.2) is 4.52 Å². The molecule has 0 unspecified atom stereocenters. The van der Waals surface area contributed by atoms with Gasteiger partial charge in [-0.3, -0.25) is 4.98 Å². The quantitative estimate of drug-likeness (QED) is 0.711. The molecule has 24 heavy (non-hydrogen) atoms. The van der Waals surface area contributed by atoms with Crippen LogP contribution in [0.3, 0.4) is 0 Å². The van der Waals surface area contributed by atoms with Gasteiger partial charge in [0, 0.05) is 18.9 Å². The number of benzene rings is 1. The van der Waals surface area contributed by atoms with Crippen molar-refractivity contribution in [2.75, 3.05) is 26.1 Å². The molecule has 0 fully saturated rings. The van der Waals surface area contributed by atoms with Crippen molar-refractivity contribution in [2.45, 2.75) is 13.5 Å². The van der Waals surface area contributed by atoms with Crippen molar-refractivity contribution in [1.29, 1.82) is 0 Å². The minimum atomic E-state index is 0.517. The SMILES string of the molecule is CCOc1c(OC)cc(CNc2nc3cnccn3n2)cc1OC. The van der Waals surface area contributed by atoms with Crippen LogP contribution in [0.2, 0.25) is 0 Å². The van der Waals surface area contributed by atoms with Crippen LogP contribution in [-0.2, 0) is 6.54 Å². The number of fused-ring (bicyclic) bond motifs is 1. The van der Waals surface area contributed by atoms with Crippen LogP contribution in [0.15, 0.2) is 30.7 Å². The number of methoxy groups -OCH3 is 2. The highest BCUT2D eigenvalue weighted by Gasteiger charge is 2.14. The van der Waals surface area contributed by atoms with Crippen LogP contribution in [0.5, 0.6) is 17.2 Å². The fourth-order valence-corrected chi connectivity index (χ4v) is 2.32. The average Bonchev–Trinajstić information content (AvgIpc) is 3.03. The normalized spacial score (nSPS) is 10.6. The Morgan fingerprint density at radius 1 is 1.17 bits per heavy atom. The molecule has 3 rings (SSSR count). The number of aromatic nitrogens is 4. The van der Waals surface area contributed by atoms with Gasteiger partial charge < -0.3 is 19.5 Å². The lowest BCUT2D eigenvalue weighted by molar-refractivity contribution is 0.288. The van der Waals surface area contributed by atoms with Gasteiger partial charge in [0.1, 0.15) is 0 Å². The van der Waals surface area contributed by atoms with Crippen molar-refractivity contribution in [3.05, 3.63) is 36.3 Å². The van der Waals surface area contributed by atoms with E-state index in [0.29, 0.717) is 42.0 Å². The van der Waals surface area contributed by atoms with Crippen LogP contribution in [0.1, 0.15) is 12.5 Å². The molecule has 8 heteroatoms. The van der Waals surface area contributed by atoms with Crippen LogP contribution < -0.4 is 19.5 Å². The minimum Gasteiger partial charge on any atom is -0.493 e. The molecule has 2 heterocycles. The van der Waals surface area contributed by atoms with Gasteiger partial charge in [-0.05, 0) is 24.6 Å². The van der Waals surface area contributed by atoms with Gasteiger partial charge in [0.2, 0.25) is 11.7 Å². The van der Waals surface area contributed by atoms with E-state index >= 15 is 0 Å². The monoisotopic (exact) mass is 329 g/mol. The van der Waals surface area contributed by atoms with E-state index in [1.54, 1.807) is 37.3 Å². The van der Waals surface area contributed by atoms with E-state index in [1.165, 1.54) is 0 Å². The summed E-state index contributed by atoms with van der Waals surface area (Å²) in [6.07, 6.45) is 5.06. The maximum atomic E-state index is 5.60. The first-order valence-corrected chi connectivity index (χ1v) is 7.53. The third-order valence-corrected chi connectivity index (χ3v) is 3.40. The lowest BCUT2D eigenvalue weighted by Crippen LogP contribution is -2.04. The molecule has 0 aliphatic rings. The fourth-order valence-electron chi connectivity index (χ4n) is 2.32. The summed E-state index contributed by atoms with van der Waals surface area (Å²) in [5, 5.41) is 7.51. The van der Waals surface area contributed by atoms with E-state index in [4.69, 9.17) is 14.2 Å². The van der Waals surface area contributed by atoms with Gasteiger partial charge in [-0.2, -0.15) is 4.98 Å². The molecule has 1 N–H and O–H groups in total. The first kappa shape index (κ1) is 15.9. The second kappa shape index (κ2) is 7.03. The van der Waals surface area contributed by atoms with Crippen molar-refractivity contribution < 1.29 is 14.2 Å². The highest BCUT2D eigenvalue weighted by atomic mass is 16.5. The maximum absolute atomic E-state index is 5.60. The van der Waals surface area contributed by atoms with Crippen LogP contribution >= 0.6 is 0 Å². The van der Waals surface area contributed by atoms with Gasteiger partial charge in [0.15, 0.2) is 17.1 Å². The Kier molecular flexibility index (Phi) is 4.64. The average molecular weight is 329 g/mol. The third kappa shape index (κ3) is 3.17. The predicted molar refractivity (Wildman–Crippen MR) is 88.8 cm³/mol. The van der Waals surface area contributed by atoms with E-state index in [1.807, 2.05) is 19.1 Å². The van der Waals surface area contributed by atoms with Gasteiger partial charge in [-0.15, -0.1) is 5.10 Å². The molecule has 0 saturated heterocycles. The minimum absolute atomic E-state index is 0.517. The van der Waals surface area contributed by atoms with E-state index in [-0.39, 0.29) is 0 Å². The molecule has 2 aromatic heterocycles. The van der Waals surface area contributed by atoms with Gasteiger partial charge >= 0.3 is 0 Å². The Morgan fingerprint density at radius 3 is 2.54 bits per heavy atom. The van der Waals surface area contributed by atoms with Crippen molar-refractivity contribution in [3.63, 3.8) is 0 Å². The Morgan fingerprint density at radius 2 is 1.92 bits per heavy atom. The zero-order valence-electron chi connectivity index (χ0n) is 13.8. The van der Waals surface area contributed by atoms with Gasteiger partial charge in [0.05, 0.1) is 27.0 Å². The maximum Gasteiger partial charge on any atom is 0.243 e. The standard InChI is InChI=1S/C16H19N5O3/c1-4-24-15-12(22-2)7-11(8-13(15)23-3)9-18-16-19-14-10-17-5-6-21(14)20-16/h5-8,10H,4,9H2,1-3H3,(H,18,20). The molecule has 0 aliphatic carbocycles. The molecule has 0 amide bonds. The van der Waals surface area contributed by atoms with Gasteiger partial charge in [0.25, 0.3) is 0 Å². The number of ether oxygens (including phenoxy) is 3. The lowest BCUT2D eigenvalue weighted by atomic mass is 10.2. The molecule has 3 aromatic rings. The summed E-state index contributed by atoms with van der Waals surface area (Å²) < 4.78 is 18.1. The summed E-state index contributed by atoms with van der Waals surface area (Å²) in [5.41, 5.74) is 1.64. The second-order valence-corrected chi connectivity index (χ2v) is 4.93. The Bertz CT molecular complexity index is 775. The molecule has 0 radical (unpaired) electrons. The summed E-state index contributed by atoms with van der Waals surface area (Å²) >= 11 is 0. The summed E-state index contributed by atoms with van der Waals surface area (Å²) in [7, 11) is 3.20. The first-order chi connectivity index (χ1) is 11.7. The molecule has 0 aliphatic heterocycles. The van der Waals surface area contributed by atoms with Crippen molar-refractivity contribution in [1.82, 2.24) is 19.6 Å². The van der Waals surface area contributed by atoms with E-state index in [2.05, 4.69) is 20.4 Å². The van der Waals surface area contributed by atoms with E-state index < -0.39 is 0 Å². The Balaban J connectivity index is 1.81. The molecule has 0 spiro atoms. The molecule has 126 valence electrons. The van der Waals surface area contributed by atoms with Gasteiger partial charge in [-0.1, -0.05) is 0 Å². The van der Waals surface area contributed by atoms with Crippen LogP contribution in [-0.4, -0.2) is 40.4 Å². The summed E-state index contributed by atoms with van der Waals surface area (Å²) in [6.45, 7) is 2.96. The zero-order valence-corrected chi connectivity index (χ0v) is 13.8. The molecule has 8 nitrogen and oxygen atoms in total. The number of nitrogens with zero attached hydrogens (tertiary/aromatic N) is 4. The molecule has 0 atom stereocenters. The lowest BCUT2D eigenvalue weighted by Gasteiger charge is -2.15. The van der Waals surface area contributed by atoms with Crippen molar-refractivity contribution in [3.8, 4) is 17.2 Å². The van der Waals surface area contributed by atoms with E-state index in [9.17, 15) is 0 Å². The summed E-state index contributed by atoms with van der Waals surface area (Å²) in [4.78, 5) is 8.37. The number of nitrogens with one attached hydrogen (secondary N) is 1. The molecule has 1 aromatic carbocycles. The van der Waals surface area contributed by atoms with Crippen LogP contribution in [0.25, 0.3) is 5.65 Å². The first-order valence-electron chi connectivity index (χ1n) is 7.53. The Hall–Kier alpha value is -3.03. The number of hydrogen-bond donors (Lipinski definition) is 1. The molecule has 0 saturated carbocycles. The highest BCUT2D eigenvalue weighted by molar-refractivity contribution is 5.54. The van der Waals surface area contributed by atoms with Crippen LogP contribution in [0.4, 0.5) is 5.95 Å². The van der Waals surface area contributed by atoms with Crippen LogP contribution in [0, 0.1) is 0 Å². The fraction of sp³-hybridized carbons (Fsp3) is 0.312. The largest absolute Gasteiger partial charge is 0.493 e. The zero-order chi connectivity index (χ0) is 16.9. The second-order valence-electron chi connectivity index (χ2n) is 4.93. The third-order valence-electron chi connectivity index (χ3n) is 3.40. The van der Waals surface area contributed by atoms with Crippen molar-refractivity contribution >= 4 is 11.6 Å². The number of hydrogen-bond acceptors (Lipinski definition) is 7. The molecular formula is C16H19N5O3. The van der Waals surface area contributed by atoms with E-state index in [0.717, 1.165) is 5.56 Å². The predicted octanol–water partition coefficient (Wildman–Crippen LogP) is 2.15. The Labute approximate surface area is 139 Å². The smallest absolute Gasteiger partial charge is 0.243 e. The topological polar surface area (TPSA) is 82.8 Å².